The van der Waals surface area contributed by atoms with E-state index in [4.69, 9.17) is 4.74 Å². The molecule has 2 aliphatic carbocycles. The Kier molecular flexibility index (Phi) is 2.91. The first-order valence-corrected chi connectivity index (χ1v) is 6.68. The molecule has 1 heterocycles. The van der Waals surface area contributed by atoms with Crippen molar-refractivity contribution in [2.24, 2.45) is 11.8 Å². The van der Waals surface area contributed by atoms with Gasteiger partial charge in [0, 0.05) is 24.4 Å². The van der Waals surface area contributed by atoms with E-state index < -0.39 is 5.67 Å². The Bertz CT molecular complexity index is 424. The summed E-state index contributed by atoms with van der Waals surface area (Å²) in [6.45, 7) is 5.67. The number of hydrogen-bond acceptors (Lipinski definition) is 2. The lowest BCUT2D eigenvalue weighted by atomic mass is 9.94. The van der Waals surface area contributed by atoms with E-state index in [1.165, 1.54) is 5.57 Å². The van der Waals surface area contributed by atoms with Gasteiger partial charge in [0.2, 0.25) is 0 Å². The van der Waals surface area contributed by atoms with Gasteiger partial charge in [-0.05, 0) is 19.4 Å². The van der Waals surface area contributed by atoms with Crippen LogP contribution in [0.3, 0.4) is 0 Å². The highest BCUT2D eigenvalue weighted by atomic mass is 19.1. The van der Waals surface area contributed by atoms with E-state index in [0.29, 0.717) is 17.9 Å². The van der Waals surface area contributed by atoms with Gasteiger partial charge in [-0.25, -0.2) is 4.39 Å². The van der Waals surface area contributed by atoms with Crippen LogP contribution in [0.2, 0.25) is 0 Å². The van der Waals surface area contributed by atoms with Gasteiger partial charge < -0.3 is 10.1 Å². The van der Waals surface area contributed by atoms with E-state index >= 15 is 0 Å². The summed E-state index contributed by atoms with van der Waals surface area (Å²) in [5.74, 6) is 0.713. The van der Waals surface area contributed by atoms with Crippen LogP contribution in [-0.4, -0.2) is 31.5 Å². The maximum atomic E-state index is 14.0. The second-order valence-electron chi connectivity index (χ2n) is 5.81. The Morgan fingerprint density at radius 2 is 2.22 bits per heavy atom. The summed E-state index contributed by atoms with van der Waals surface area (Å²) >= 11 is 0. The number of hydrogen-bond donors (Lipinski definition) is 1. The standard InChI is InChI=1S/C15H20FNO/c1-15(2,16)11-3-4-12(13-8-10(13)7-11)14-9-18-6-5-17-14/h3-4,7-8,10,12,14,17H,5-6,9H2,1-2H3/t10?,12?,14-/m1/s1. The molecule has 0 bridgehead atoms. The van der Waals surface area contributed by atoms with E-state index in [-0.39, 0.29) is 0 Å². The quantitative estimate of drug-likeness (QED) is 0.759. The van der Waals surface area contributed by atoms with Crippen LogP contribution < -0.4 is 5.32 Å². The third-order valence-corrected chi connectivity index (χ3v) is 3.95. The zero-order chi connectivity index (χ0) is 12.8. The Morgan fingerprint density at radius 3 is 2.89 bits per heavy atom. The molecule has 0 saturated carbocycles. The lowest BCUT2D eigenvalue weighted by Crippen LogP contribution is -2.45. The van der Waals surface area contributed by atoms with Gasteiger partial charge in [0.05, 0.1) is 13.2 Å². The van der Waals surface area contributed by atoms with Crippen molar-refractivity contribution in [1.29, 1.82) is 0 Å². The van der Waals surface area contributed by atoms with Gasteiger partial charge in [0.15, 0.2) is 0 Å². The second kappa shape index (κ2) is 4.32. The van der Waals surface area contributed by atoms with Gasteiger partial charge in [0.25, 0.3) is 0 Å². The number of fused-ring (bicyclic) bond motifs is 1. The molecule has 1 N–H and O–H groups in total. The molecule has 98 valence electrons. The monoisotopic (exact) mass is 249 g/mol. The van der Waals surface area contributed by atoms with Crippen molar-refractivity contribution in [1.82, 2.24) is 5.32 Å². The Labute approximate surface area is 108 Å². The molecule has 0 amide bonds. The number of rotatable bonds is 2. The second-order valence-corrected chi connectivity index (χ2v) is 5.81. The molecule has 0 aromatic rings. The van der Waals surface area contributed by atoms with E-state index in [1.54, 1.807) is 13.8 Å². The molecule has 1 saturated heterocycles. The van der Waals surface area contributed by atoms with Crippen molar-refractivity contribution in [3.05, 3.63) is 35.5 Å². The van der Waals surface area contributed by atoms with Gasteiger partial charge in [-0.1, -0.05) is 29.9 Å². The molecule has 1 aliphatic heterocycles. The molecular weight excluding hydrogens is 229 g/mol. The molecule has 0 radical (unpaired) electrons. The fourth-order valence-electron chi connectivity index (χ4n) is 2.78. The zero-order valence-corrected chi connectivity index (χ0v) is 10.9. The first-order valence-electron chi connectivity index (χ1n) is 6.68. The number of allylic oxidation sites excluding steroid dienone is 4. The molecule has 0 spiro atoms. The molecule has 3 atom stereocenters. The molecule has 3 aliphatic rings. The van der Waals surface area contributed by atoms with Gasteiger partial charge >= 0.3 is 0 Å². The van der Waals surface area contributed by atoms with Crippen LogP contribution in [0.1, 0.15) is 13.8 Å². The highest BCUT2D eigenvalue weighted by Gasteiger charge is 2.37. The van der Waals surface area contributed by atoms with Crippen molar-refractivity contribution in [3.63, 3.8) is 0 Å². The Morgan fingerprint density at radius 1 is 1.39 bits per heavy atom. The minimum atomic E-state index is -1.26. The van der Waals surface area contributed by atoms with Crippen LogP contribution in [0, 0.1) is 11.8 Å². The first kappa shape index (κ1) is 12.1. The minimum Gasteiger partial charge on any atom is -0.378 e. The van der Waals surface area contributed by atoms with Gasteiger partial charge in [-0.3, -0.25) is 0 Å². The lowest BCUT2D eigenvalue weighted by Gasteiger charge is -2.28. The van der Waals surface area contributed by atoms with Crippen LogP contribution in [0.25, 0.3) is 0 Å². The highest BCUT2D eigenvalue weighted by Crippen LogP contribution is 2.43. The van der Waals surface area contributed by atoms with Crippen molar-refractivity contribution < 1.29 is 9.13 Å². The predicted octanol–water partition coefficient (Wildman–Crippen LogP) is 2.39. The molecule has 0 aromatic heterocycles. The van der Waals surface area contributed by atoms with Crippen LogP contribution in [0.4, 0.5) is 4.39 Å². The predicted molar refractivity (Wildman–Crippen MR) is 70.1 cm³/mol. The number of ether oxygens (including phenoxy) is 1. The Balaban J connectivity index is 1.78. The summed E-state index contributed by atoms with van der Waals surface area (Å²) in [4.78, 5) is 0. The van der Waals surface area contributed by atoms with Crippen molar-refractivity contribution in [2.45, 2.75) is 25.6 Å². The third-order valence-electron chi connectivity index (χ3n) is 3.95. The summed E-state index contributed by atoms with van der Waals surface area (Å²) in [5, 5.41) is 3.49. The van der Waals surface area contributed by atoms with Gasteiger partial charge in [-0.15, -0.1) is 0 Å². The van der Waals surface area contributed by atoms with Crippen molar-refractivity contribution >= 4 is 0 Å². The third kappa shape index (κ3) is 2.29. The number of nitrogens with one attached hydrogen (secondary N) is 1. The number of morpholine rings is 1. The summed E-state index contributed by atoms with van der Waals surface area (Å²) in [6.07, 6.45) is 8.37. The molecule has 3 rings (SSSR count). The smallest absolute Gasteiger partial charge is 0.130 e. The fraction of sp³-hybridized carbons (Fsp3) is 0.600. The topological polar surface area (TPSA) is 21.3 Å². The van der Waals surface area contributed by atoms with Crippen LogP contribution in [0.15, 0.2) is 35.5 Å². The van der Waals surface area contributed by atoms with E-state index in [2.05, 4.69) is 23.5 Å². The summed E-state index contributed by atoms with van der Waals surface area (Å²) in [6, 6.07) is 0.335. The van der Waals surface area contributed by atoms with Gasteiger partial charge in [0.1, 0.15) is 5.67 Å². The van der Waals surface area contributed by atoms with Crippen LogP contribution in [0.5, 0.6) is 0 Å². The highest BCUT2D eigenvalue weighted by molar-refractivity contribution is 5.48. The van der Waals surface area contributed by atoms with Crippen LogP contribution in [-0.2, 0) is 4.74 Å². The fourth-order valence-corrected chi connectivity index (χ4v) is 2.78. The minimum absolute atomic E-state index is 0.335. The van der Waals surface area contributed by atoms with Crippen molar-refractivity contribution in [3.8, 4) is 0 Å². The summed E-state index contributed by atoms with van der Waals surface area (Å²) < 4.78 is 19.6. The average Bonchev–Trinajstić information content (AvgIpc) is 3.06. The average molecular weight is 249 g/mol. The van der Waals surface area contributed by atoms with Gasteiger partial charge in [-0.2, -0.15) is 0 Å². The van der Waals surface area contributed by atoms with E-state index in [9.17, 15) is 4.39 Å². The molecular formula is C15H20FNO. The molecule has 2 nitrogen and oxygen atoms in total. The normalized spacial score (nSPS) is 35.4. The van der Waals surface area contributed by atoms with Crippen LogP contribution >= 0.6 is 0 Å². The zero-order valence-electron chi connectivity index (χ0n) is 10.9. The first-order chi connectivity index (χ1) is 8.55. The summed E-state index contributed by atoms with van der Waals surface area (Å²) in [7, 11) is 0. The number of halogens is 1. The SMILES string of the molecule is CC(C)(F)C1=CC2C=C2C([C@H]2COCCN2)C=C1. The lowest BCUT2D eigenvalue weighted by molar-refractivity contribution is 0.0684. The molecule has 3 heteroatoms. The van der Waals surface area contributed by atoms with E-state index in [1.807, 2.05) is 6.08 Å². The summed E-state index contributed by atoms with van der Waals surface area (Å²) in [5.41, 5.74) is 0.940. The number of alkyl halides is 1. The Hall–Kier alpha value is -0.930. The maximum Gasteiger partial charge on any atom is 0.130 e. The molecule has 18 heavy (non-hydrogen) atoms. The molecule has 0 aromatic carbocycles. The largest absolute Gasteiger partial charge is 0.378 e. The molecule has 2 unspecified atom stereocenters. The molecule has 1 fully saturated rings. The van der Waals surface area contributed by atoms with E-state index in [0.717, 1.165) is 25.3 Å². The van der Waals surface area contributed by atoms with Crippen molar-refractivity contribution in [2.75, 3.05) is 19.8 Å². The maximum absolute atomic E-state index is 14.0.